The first-order valence-corrected chi connectivity index (χ1v) is 5.57. The molecule has 5 heteroatoms. The summed E-state index contributed by atoms with van der Waals surface area (Å²) < 4.78 is 15.4. The highest BCUT2D eigenvalue weighted by Crippen LogP contribution is 2.24. The Bertz CT molecular complexity index is 705. The Labute approximate surface area is 103 Å². The van der Waals surface area contributed by atoms with Crippen molar-refractivity contribution in [2.24, 2.45) is 0 Å². The highest BCUT2D eigenvalue weighted by atomic mass is 19.1. The van der Waals surface area contributed by atoms with E-state index in [4.69, 9.17) is 0 Å². The molecule has 0 spiro atoms. The first-order chi connectivity index (χ1) is 8.79. The molecule has 0 bridgehead atoms. The number of hydrogen-bond acceptors (Lipinski definition) is 3. The summed E-state index contributed by atoms with van der Waals surface area (Å²) in [6.07, 6.45) is 1.66. The smallest absolute Gasteiger partial charge is 0.157 e. The van der Waals surface area contributed by atoms with E-state index in [1.54, 1.807) is 48.1 Å². The van der Waals surface area contributed by atoms with Crippen LogP contribution in [0.25, 0.3) is 16.9 Å². The molecule has 0 unspecified atom stereocenters. The van der Waals surface area contributed by atoms with Gasteiger partial charge < -0.3 is 5.32 Å². The standard InChI is InChI=1S/C13H11FN4/c1-15-13-8-11(9-4-2-3-5-10(9)14)17-12-6-7-16-18(12)13/h2-8,15H,1H3. The zero-order valence-electron chi connectivity index (χ0n) is 9.76. The minimum Gasteiger partial charge on any atom is -0.373 e. The zero-order chi connectivity index (χ0) is 12.5. The van der Waals surface area contributed by atoms with Crippen molar-refractivity contribution in [2.45, 2.75) is 0 Å². The van der Waals surface area contributed by atoms with Crippen molar-refractivity contribution in [3.63, 3.8) is 0 Å². The quantitative estimate of drug-likeness (QED) is 0.751. The van der Waals surface area contributed by atoms with Crippen LogP contribution in [0.1, 0.15) is 0 Å². The number of nitrogens with zero attached hydrogens (tertiary/aromatic N) is 3. The molecular formula is C13H11FN4. The second kappa shape index (κ2) is 4.10. The maximum Gasteiger partial charge on any atom is 0.157 e. The molecule has 0 saturated heterocycles. The third-order valence-corrected chi connectivity index (χ3v) is 2.77. The lowest BCUT2D eigenvalue weighted by molar-refractivity contribution is 0.630. The summed E-state index contributed by atoms with van der Waals surface area (Å²) in [6, 6.07) is 10.2. The molecule has 1 aromatic carbocycles. The average molecular weight is 242 g/mol. The van der Waals surface area contributed by atoms with Crippen LogP contribution in [-0.4, -0.2) is 21.6 Å². The summed E-state index contributed by atoms with van der Waals surface area (Å²) in [7, 11) is 1.79. The van der Waals surface area contributed by atoms with E-state index >= 15 is 0 Å². The van der Waals surface area contributed by atoms with E-state index in [2.05, 4.69) is 15.4 Å². The molecule has 0 aliphatic heterocycles. The van der Waals surface area contributed by atoms with Crippen LogP contribution in [0.15, 0.2) is 42.6 Å². The minimum atomic E-state index is -0.282. The Balaban J connectivity index is 2.27. The minimum absolute atomic E-state index is 0.282. The lowest BCUT2D eigenvalue weighted by Crippen LogP contribution is -2.02. The Morgan fingerprint density at radius 1 is 1.22 bits per heavy atom. The van der Waals surface area contributed by atoms with Gasteiger partial charge in [0.2, 0.25) is 0 Å². The maximum atomic E-state index is 13.8. The van der Waals surface area contributed by atoms with Crippen LogP contribution >= 0.6 is 0 Å². The van der Waals surface area contributed by atoms with Crippen molar-refractivity contribution < 1.29 is 4.39 Å². The first-order valence-electron chi connectivity index (χ1n) is 5.57. The largest absolute Gasteiger partial charge is 0.373 e. The van der Waals surface area contributed by atoms with Crippen LogP contribution in [0.4, 0.5) is 10.2 Å². The molecule has 0 amide bonds. The lowest BCUT2D eigenvalue weighted by atomic mass is 10.1. The van der Waals surface area contributed by atoms with Gasteiger partial charge in [-0.25, -0.2) is 9.37 Å². The number of rotatable bonds is 2. The normalized spacial score (nSPS) is 10.8. The van der Waals surface area contributed by atoms with Crippen molar-refractivity contribution >= 4 is 11.5 Å². The molecule has 3 rings (SSSR count). The van der Waals surface area contributed by atoms with Gasteiger partial charge >= 0.3 is 0 Å². The topological polar surface area (TPSA) is 42.2 Å². The fourth-order valence-electron chi connectivity index (χ4n) is 1.90. The molecule has 0 atom stereocenters. The Kier molecular flexibility index (Phi) is 2.44. The highest BCUT2D eigenvalue weighted by Gasteiger charge is 2.10. The second-order valence-electron chi connectivity index (χ2n) is 3.86. The lowest BCUT2D eigenvalue weighted by Gasteiger charge is -2.07. The van der Waals surface area contributed by atoms with Crippen LogP contribution in [0.3, 0.4) is 0 Å². The van der Waals surface area contributed by atoms with Gasteiger partial charge in [-0.1, -0.05) is 12.1 Å². The van der Waals surface area contributed by atoms with E-state index < -0.39 is 0 Å². The van der Waals surface area contributed by atoms with Gasteiger partial charge in [-0.2, -0.15) is 9.61 Å². The molecule has 4 nitrogen and oxygen atoms in total. The Morgan fingerprint density at radius 3 is 2.83 bits per heavy atom. The van der Waals surface area contributed by atoms with E-state index in [0.717, 1.165) is 5.82 Å². The predicted octanol–water partition coefficient (Wildman–Crippen LogP) is 2.58. The summed E-state index contributed by atoms with van der Waals surface area (Å²) in [5, 5.41) is 7.17. The van der Waals surface area contributed by atoms with Crippen LogP contribution in [0, 0.1) is 5.82 Å². The number of aromatic nitrogens is 3. The molecule has 2 aromatic heterocycles. The zero-order valence-corrected chi connectivity index (χ0v) is 9.76. The van der Waals surface area contributed by atoms with Gasteiger partial charge in [0, 0.05) is 24.7 Å². The van der Waals surface area contributed by atoms with Crippen LogP contribution in [0.5, 0.6) is 0 Å². The summed E-state index contributed by atoms with van der Waals surface area (Å²) in [6.45, 7) is 0. The Morgan fingerprint density at radius 2 is 2.06 bits per heavy atom. The molecule has 2 heterocycles. The van der Waals surface area contributed by atoms with E-state index in [-0.39, 0.29) is 5.82 Å². The summed E-state index contributed by atoms with van der Waals surface area (Å²) in [5.41, 5.74) is 1.75. The summed E-state index contributed by atoms with van der Waals surface area (Å²) >= 11 is 0. The summed E-state index contributed by atoms with van der Waals surface area (Å²) in [4.78, 5) is 4.40. The van der Waals surface area contributed by atoms with Gasteiger partial charge in [0.1, 0.15) is 11.6 Å². The van der Waals surface area contributed by atoms with Crippen molar-refractivity contribution in [3.05, 3.63) is 48.4 Å². The van der Waals surface area contributed by atoms with Crippen molar-refractivity contribution in [2.75, 3.05) is 12.4 Å². The molecule has 0 aliphatic rings. The van der Waals surface area contributed by atoms with E-state index in [9.17, 15) is 4.39 Å². The molecule has 0 saturated carbocycles. The third kappa shape index (κ3) is 1.60. The average Bonchev–Trinajstić information content (AvgIpc) is 2.86. The molecule has 0 radical (unpaired) electrons. The number of fused-ring (bicyclic) bond motifs is 1. The van der Waals surface area contributed by atoms with Gasteiger partial charge in [-0.15, -0.1) is 0 Å². The SMILES string of the molecule is CNc1cc(-c2ccccc2F)nc2ccnn12. The molecule has 90 valence electrons. The molecular weight excluding hydrogens is 231 g/mol. The maximum absolute atomic E-state index is 13.8. The fourth-order valence-corrected chi connectivity index (χ4v) is 1.90. The molecule has 0 fully saturated rings. The number of nitrogens with one attached hydrogen (secondary N) is 1. The number of benzene rings is 1. The van der Waals surface area contributed by atoms with Crippen molar-refractivity contribution in [1.82, 2.24) is 14.6 Å². The molecule has 3 aromatic rings. The number of anilines is 1. The number of halogens is 1. The van der Waals surface area contributed by atoms with Gasteiger partial charge in [0.05, 0.1) is 11.9 Å². The molecule has 18 heavy (non-hydrogen) atoms. The van der Waals surface area contributed by atoms with Crippen LogP contribution < -0.4 is 5.32 Å². The summed E-state index contributed by atoms with van der Waals surface area (Å²) in [5.74, 6) is 0.485. The van der Waals surface area contributed by atoms with Crippen molar-refractivity contribution in [1.29, 1.82) is 0 Å². The first kappa shape index (κ1) is 10.7. The van der Waals surface area contributed by atoms with Gasteiger partial charge in [-0.05, 0) is 12.1 Å². The molecule has 1 N–H and O–H groups in total. The monoisotopic (exact) mass is 242 g/mol. The fraction of sp³-hybridized carbons (Fsp3) is 0.0769. The van der Waals surface area contributed by atoms with Crippen LogP contribution in [0.2, 0.25) is 0 Å². The van der Waals surface area contributed by atoms with E-state index in [1.807, 2.05) is 0 Å². The highest BCUT2D eigenvalue weighted by molar-refractivity contribution is 5.66. The Hall–Kier alpha value is -2.43. The molecule has 0 aliphatic carbocycles. The third-order valence-electron chi connectivity index (χ3n) is 2.77. The van der Waals surface area contributed by atoms with Crippen molar-refractivity contribution in [3.8, 4) is 11.3 Å². The number of hydrogen-bond donors (Lipinski definition) is 1. The van der Waals surface area contributed by atoms with Gasteiger partial charge in [0.15, 0.2) is 5.65 Å². The second-order valence-corrected chi connectivity index (χ2v) is 3.86. The van der Waals surface area contributed by atoms with E-state index in [0.29, 0.717) is 16.9 Å². The van der Waals surface area contributed by atoms with Crippen LogP contribution in [-0.2, 0) is 0 Å². The van der Waals surface area contributed by atoms with Gasteiger partial charge in [0.25, 0.3) is 0 Å². The predicted molar refractivity (Wildman–Crippen MR) is 67.9 cm³/mol. The van der Waals surface area contributed by atoms with E-state index in [1.165, 1.54) is 6.07 Å². The van der Waals surface area contributed by atoms with Gasteiger partial charge in [-0.3, -0.25) is 0 Å².